The fraction of sp³-hybridized carbons (Fsp3) is 0.368. The van der Waals surface area contributed by atoms with Crippen LogP contribution in [-0.4, -0.2) is 62.1 Å². The summed E-state index contributed by atoms with van der Waals surface area (Å²) in [7, 11) is -3.62. The molecule has 0 aliphatic carbocycles. The predicted octanol–water partition coefficient (Wildman–Crippen LogP) is 2.50. The van der Waals surface area contributed by atoms with Crippen LogP contribution in [0.5, 0.6) is 5.75 Å². The third-order valence-corrected chi connectivity index (χ3v) is 7.55. The summed E-state index contributed by atoms with van der Waals surface area (Å²) in [6.45, 7) is 4.91. The van der Waals surface area contributed by atoms with Crippen molar-refractivity contribution >= 4 is 33.1 Å². The highest BCUT2D eigenvalue weighted by molar-refractivity contribution is 7.89. The molecule has 1 aliphatic heterocycles. The zero-order valence-electron chi connectivity index (χ0n) is 15.8. The van der Waals surface area contributed by atoms with Gasteiger partial charge in [0.25, 0.3) is 5.91 Å². The van der Waals surface area contributed by atoms with Crippen molar-refractivity contribution in [2.45, 2.75) is 18.7 Å². The van der Waals surface area contributed by atoms with Crippen molar-refractivity contribution in [2.75, 3.05) is 32.8 Å². The van der Waals surface area contributed by atoms with Crippen molar-refractivity contribution in [2.24, 2.45) is 0 Å². The van der Waals surface area contributed by atoms with Gasteiger partial charge >= 0.3 is 0 Å². The minimum Gasteiger partial charge on any atom is -0.494 e. The number of piperazine rings is 1. The summed E-state index contributed by atoms with van der Waals surface area (Å²) in [5.74, 6) is 0.378. The molecule has 150 valence electrons. The first-order chi connectivity index (χ1) is 13.3. The van der Waals surface area contributed by atoms with Gasteiger partial charge in [-0.2, -0.15) is 4.31 Å². The van der Waals surface area contributed by atoms with Crippen LogP contribution in [0, 0.1) is 0 Å². The molecule has 2 heterocycles. The summed E-state index contributed by atoms with van der Waals surface area (Å²) in [6.07, 6.45) is 0. The van der Waals surface area contributed by atoms with Crippen LogP contribution in [0.15, 0.2) is 41.3 Å². The fourth-order valence-corrected chi connectivity index (χ4v) is 5.24. The highest BCUT2D eigenvalue weighted by atomic mass is 32.2. The second kappa shape index (κ2) is 8.42. The number of ether oxygens (including phenoxy) is 1. The van der Waals surface area contributed by atoms with E-state index in [0.717, 1.165) is 0 Å². The van der Waals surface area contributed by atoms with Gasteiger partial charge in [-0.25, -0.2) is 8.42 Å². The van der Waals surface area contributed by atoms with Gasteiger partial charge in [0.15, 0.2) is 5.78 Å². The normalized spacial score (nSPS) is 15.4. The zero-order chi connectivity index (χ0) is 20.3. The first kappa shape index (κ1) is 20.5. The van der Waals surface area contributed by atoms with Gasteiger partial charge in [-0.1, -0.05) is 0 Å². The maximum atomic E-state index is 12.8. The molecule has 0 atom stereocenters. The van der Waals surface area contributed by atoms with Gasteiger partial charge in [0.1, 0.15) is 5.75 Å². The molecule has 1 aromatic heterocycles. The molecule has 2 aromatic rings. The number of nitrogens with zero attached hydrogens (tertiary/aromatic N) is 2. The van der Waals surface area contributed by atoms with Gasteiger partial charge in [0.05, 0.1) is 21.3 Å². The number of ketones is 1. The Morgan fingerprint density at radius 2 is 1.61 bits per heavy atom. The van der Waals surface area contributed by atoms with Gasteiger partial charge in [-0.05, 0) is 50.2 Å². The number of amides is 1. The molecule has 0 saturated carbocycles. The number of Topliss-reactive ketones (excluding diaryl/α,β-unsaturated/α-hetero) is 1. The Bertz CT molecular complexity index is 958. The van der Waals surface area contributed by atoms with Crippen LogP contribution < -0.4 is 4.74 Å². The number of rotatable bonds is 6. The highest BCUT2D eigenvalue weighted by Gasteiger charge is 2.31. The lowest BCUT2D eigenvalue weighted by atomic mass is 10.3. The fourth-order valence-electron chi connectivity index (χ4n) is 2.95. The van der Waals surface area contributed by atoms with Crippen LogP contribution in [0.25, 0.3) is 0 Å². The number of hydrogen-bond donors (Lipinski definition) is 0. The monoisotopic (exact) mass is 422 g/mol. The van der Waals surface area contributed by atoms with E-state index in [1.807, 2.05) is 6.92 Å². The lowest BCUT2D eigenvalue weighted by Crippen LogP contribution is -2.50. The number of sulfonamides is 1. The summed E-state index contributed by atoms with van der Waals surface area (Å²) in [5.41, 5.74) is 0. The summed E-state index contributed by atoms with van der Waals surface area (Å²) in [5, 5.41) is 0. The van der Waals surface area contributed by atoms with E-state index in [9.17, 15) is 18.0 Å². The second-order valence-electron chi connectivity index (χ2n) is 6.32. The predicted molar refractivity (Wildman–Crippen MR) is 107 cm³/mol. The average molecular weight is 423 g/mol. The van der Waals surface area contributed by atoms with Gasteiger partial charge in [-0.15, -0.1) is 11.3 Å². The van der Waals surface area contributed by atoms with E-state index in [-0.39, 0.29) is 29.7 Å². The molecule has 1 aliphatic rings. The third-order valence-electron chi connectivity index (χ3n) is 4.46. The van der Waals surface area contributed by atoms with Crippen LogP contribution >= 0.6 is 11.3 Å². The topological polar surface area (TPSA) is 84.0 Å². The Balaban J connectivity index is 1.65. The van der Waals surface area contributed by atoms with E-state index in [2.05, 4.69) is 0 Å². The average Bonchev–Trinajstić information content (AvgIpc) is 3.19. The molecule has 0 bridgehead atoms. The molecule has 0 N–H and O–H groups in total. The van der Waals surface area contributed by atoms with E-state index in [1.54, 1.807) is 29.2 Å². The molecule has 1 amide bonds. The molecule has 28 heavy (non-hydrogen) atoms. The van der Waals surface area contributed by atoms with Crippen LogP contribution in [-0.2, 0) is 10.0 Å². The highest BCUT2D eigenvalue weighted by Crippen LogP contribution is 2.23. The molecule has 1 aromatic carbocycles. The van der Waals surface area contributed by atoms with Crippen molar-refractivity contribution in [3.05, 3.63) is 46.2 Å². The van der Waals surface area contributed by atoms with Gasteiger partial charge < -0.3 is 9.64 Å². The lowest BCUT2D eigenvalue weighted by Gasteiger charge is -2.33. The molecule has 0 spiro atoms. The molecular formula is C19H22N2O5S2. The minimum absolute atomic E-state index is 0.0738. The Labute approximate surface area is 168 Å². The standard InChI is InChI=1S/C19H22N2O5S2/c1-3-26-15-4-6-16(7-5-15)28(24,25)21-12-10-20(11-13-21)19(23)18-9-8-17(27-18)14(2)22/h4-9H,3,10-13H2,1-2H3. The number of carbonyl (C=O) groups is 2. The smallest absolute Gasteiger partial charge is 0.264 e. The Morgan fingerprint density at radius 1 is 1.00 bits per heavy atom. The molecule has 1 saturated heterocycles. The van der Waals surface area contributed by atoms with Crippen LogP contribution in [0.3, 0.4) is 0 Å². The van der Waals surface area contributed by atoms with Crippen LogP contribution in [0.2, 0.25) is 0 Å². The molecule has 0 unspecified atom stereocenters. The summed E-state index contributed by atoms with van der Waals surface area (Å²) >= 11 is 1.17. The zero-order valence-corrected chi connectivity index (χ0v) is 17.4. The van der Waals surface area contributed by atoms with E-state index in [0.29, 0.717) is 35.2 Å². The molecule has 9 heteroatoms. The third kappa shape index (κ3) is 4.26. The van der Waals surface area contributed by atoms with Crippen molar-refractivity contribution in [3.8, 4) is 5.75 Å². The van der Waals surface area contributed by atoms with Gasteiger partial charge in [-0.3, -0.25) is 9.59 Å². The quantitative estimate of drug-likeness (QED) is 0.668. The maximum absolute atomic E-state index is 12.8. The van der Waals surface area contributed by atoms with Crippen molar-refractivity contribution in [1.29, 1.82) is 0 Å². The first-order valence-corrected chi connectivity index (χ1v) is 11.2. The number of carbonyl (C=O) groups excluding carboxylic acids is 2. The van der Waals surface area contributed by atoms with Gasteiger partial charge in [0.2, 0.25) is 10.0 Å². The lowest BCUT2D eigenvalue weighted by molar-refractivity contribution is 0.0702. The summed E-state index contributed by atoms with van der Waals surface area (Å²) < 4.78 is 32.4. The van der Waals surface area contributed by atoms with Crippen molar-refractivity contribution < 1.29 is 22.7 Å². The van der Waals surface area contributed by atoms with Gasteiger partial charge in [0, 0.05) is 26.2 Å². The van der Waals surface area contributed by atoms with E-state index in [1.165, 1.54) is 34.7 Å². The largest absolute Gasteiger partial charge is 0.494 e. The first-order valence-electron chi connectivity index (χ1n) is 8.96. The number of hydrogen-bond acceptors (Lipinski definition) is 6. The molecule has 0 radical (unpaired) electrons. The van der Waals surface area contributed by atoms with Crippen LogP contribution in [0.1, 0.15) is 33.2 Å². The Hall–Kier alpha value is -2.23. The Kier molecular flexibility index (Phi) is 6.17. The second-order valence-corrected chi connectivity index (χ2v) is 9.34. The van der Waals surface area contributed by atoms with Crippen LogP contribution in [0.4, 0.5) is 0 Å². The SMILES string of the molecule is CCOc1ccc(S(=O)(=O)N2CCN(C(=O)c3ccc(C(C)=O)s3)CC2)cc1. The van der Waals surface area contributed by atoms with Crippen molar-refractivity contribution in [3.63, 3.8) is 0 Å². The van der Waals surface area contributed by atoms with E-state index in [4.69, 9.17) is 4.74 Å². The molecule has 7 nitrogen and oxygen atoms in total. The molecular weight excluding hydrogens is 400 g/mol. The van der Waals surface area contributed by atoms with E-state index < -0.39 is 10.0 Å². The summed E-state index contributed by atoms with van der Waals surface area (Å²) in [4.78, 5) is 26.9. The molecule has 3 rings (SSSR count). The number of thiophene rings is 1. The summed E-state index contributed by atoms with van der Waals surface area (Å²) in [6, 6.07) is 9.64. The van der Waals surface area contributed by atoms with E-state index >= 15 is 0 Å². The minimum atomic E-state index is -3.62. The molecule has 1 fully saturated rings. The Morgan fingerprint density at radius 3 is 2.14 bits per heavy atom. The van der Waals surface area contributed by atoms with Crippen molar-refractivity contribution in [1.82, 2.24) is 9.21 Å². The number of benzene rings is 1. The maximum Gasteiger partial charge on any atom is 0.264 e.